The predicted molar refractivity (Wildman–Crippen MR) is 101 cm³/mol. The van der Waals surface area contributed by atoms with E-state index in [2.05, 4.69) is 10.1 Å². The maximum Gasteiger partial charge on any atom is 0.317 e. The molecule has 5 nitrogen and oxygen atoms in total. The lowest BCUT2D eigenvalue weighted by atomic mass is 9.79. The molecular weight excluding hydrogens is 364 g/mol. The maximum atomic E-state index is 12.9. The van der Waals surface area contributed by atoms with Crippen LogP contribution in [-0.2, 0) is 21.6 Å². The first-order valence-electron chi connectivity index (χ1n) is 8.99. The average molecular weight is 383 g/mol. The van der Waals surface area contributed by atoms with Crippen LogP contribution in [-0.4, -0.2) is 16.1 Å². The van der Waals surface area contributed by atoms with Crippen LogP contribution < -0.4 is 0 Å². The fraction of sp³-hybridized carbons (Fsp3) is 0.286. The molecule has 4 rings (SSSR count). The lowest BCUT2D eigenvalue weighted by molar-refractivity contribution is -0.152. The van der Waals surface area contributed by atoms with Gasteiger partial charge in [0.05, 0.1) is 10.4 Å². The molecule has 138 valence electrons. The molecule has 0 aliphatic heterocycles. The van der Waals surface area contributed by atoms with Gasteiger partial charge in [-0.05, 0) is 30.5 Å². The molecule has 0 spiro atoms. The van der Waals surface area contributed by atoms with Crippen LogP contribution in [0, 0.1) is 0 Å². The highest BCUT2D eigenvalue weighted by Gasteiger charge is 2.44. The Bertz CT molecular complexity index is 933. The molecule has 27 heavy (non-hydrogen) atoms. The van der Waals surface area contributed by atoms with Crippen molar-refractivity contribution in [2.24, 2.45) is 0 Å². The van der Waals surface area contributed by atoms with E-state index in [0.717, 1.165) is 31.2 Å². The number of halogens is 1. The van der Waals surface area contributed by atoms with Crippen molar-refractivity contribution in [3.05, 3.63) is 71.1 Å². The standard InChI is InChI=1S/C21H19ClN2O3/c22-17-11-5-4-10-16(17)19-23-18(27-24-19)14-26-20(25)21(12-6-7-13-21)15-8-2-1-3-9-15/h1-5,8-11H,6-7,12-14H2. The summed E-state index contributed by atoms with van der Waals surface area (Å²) in [6, 6.07) is 17.1. The van der Waals surface area contributed by atoms with Crippen LogP contribution in [0.1, 0.15) is 37.1 Å². The monoisotopic (exact) mass is 382 g/mol. The lowest BCUT2D eigenvalue weighted by Gasteiger charge is -2.26. The molecule has 0 unspecified atom stereocenters. The Hall–Kier alpha value is -2.66. The molecule has 0 saturated heterocycles. The van der Waals surface area contributed by atoms with Gasteiger partial charge in [0, 0.05) is 5.56 Å². The number of benzene rings is 2. The number of nitrogens with zero attached hydrogens (tertiary/aromatic N) is 2. The third kappa shape index (κ3) is 3.47. The number of carbonyl (C=O) groups excluding carboxylic acids is 1. The largest absolute Gasteiger partial charge is 0.455 e. The Morgan fingerprint density at radius 2 is 1.78 bits per heavy atom. The van der Waals surface area contributed by atoms with Gasteiger partial charge < -0.3 is 9.26 Å². The summed E-state index contributed by atoms with van der Waals surface area (Å²) >= 11 is 6.16. The van der Waals surface area contributed by atoms with Gasteiger partial charge >= 0.3 is 5.97 Å². The van der Waals surface area contributed by atoms with Crippen LogP contribution in [0.5, 0.6) is 0 Å². The SMILES string of the molecule is O=C(OCc1nc(-c2ccccc2Cl)no1)C1(c2ccccc2)CCCC1. The summed E-state index contributed by atoms with van der Waals surface area (Å²) in [5, 5.41) is 4.47. The number of carbonyl (C=O) groups is 1. The second-order valence-electron chi connectivity index (χ2n) is 6.72. The Morgan fingerprint density at radius 1 is 1.07 bits per heavy atom. The van der Waals surface area contributed by atoms with E-state index in [1.165, 1.54) is 0 Å². The fourth-order valence-electron chi connectivity index (χ4n) is 3.68. The van der Waals surface area contributed by atoms with Gasteiger partial charge in [0.2, 0.25) is 5.82 Å². The molecule has 0 bridgehead atoms. The van der Waals surface area contributed by atoms with Crippen LogP contribution in [0.2, 0.25) is 5.02 Å². The zero-order chi connectivity index (χ0) is 18.7. The molecule has 1 heterocycles. The molecular formula is C21H19ClN2O3. The maximum absolute atomic E-state index is 12.9. The zero-order valence-corrected chi connectivity index (χ0v) is 15.5. The molecule has 3 aromatic rings. The smallest absolute Gasteiger partial charge is 0.317 e. The number of esters is 1. The molecule has 1 saturated carbocycles. The van der Waals surface area contributed by atoms with Crippen LogP contribution in [0.15, 0.2) is 59.1 Å². The first-order chi connectivity index (χ1) is 13.2. The highest BCUT2D eigenvalue weighted by atomic mass is 35.5. The molecule has 6 heteroatoms. The summed E-state index contributed by atoms with van der Waals surface area (Å²) in [5.74, 6) is 0.397. The highest BCUT2D eigenvalue weighted by Crippen LogP contribution is 2.42. The summed E-state index contributed by atoms with van der Waals surface area (Å²) in [7, 11) is 0. The minimum atomic E-state index is -0.577. The van der Waals surface area contributed by atoms with Gasteiger partial charge in [-0.25, -0.2) is 0 Å². The van der Waals surface area contributed by atoms with Crippen molar-refractivity contribution >= 4 is 17.6 Å². The van der Waals surface area contributed by atoms with Crippen molar-refractivity contribution in [3.8, 4) is 11.4 Å². The molecule has 1 aromatic heterocycles. The van der Waals surface area contributed by atoms with E-state index in [1.807, 2.05) is 48.5 Å². The number of hydrogen-bond acceptors (Lipinski definition) is 5. The topological polar surface area (TPSA) is 65.2 Å². The van der Waals surface area contributed by atoms with Crippen molar-refractivity contribution in [1.82, 2.24) is 10.1 Å². The van der Waals surface area contributed by atoms with Crippen molar-refractivity contribution in [1.29, 1.82) is 0 Å². The molecule has 1 aliphatic carbocycles. The van der Waals surface area contributed by atoms with Crippen molar-refractivity contribution in [3.63, 3.8) is 0 Å². The number of hydrogen-bond donors (Lipinski definition) is 0. The van der Waals surface area contributed by atoms with E-state index in [0.29, 0.717) is 16.4 Å². The van der Waals surface area contributed by atoms with E-state index in [1.54, 1.807) is 6.07 Å². The van der Waals surface area contributed by atoms with Crippen molar-refractivity contribution in [2.75, 3.05) is 0 Å². The second-order valence-corrected chi connectivity index (χ2v) is 7.13. The summed E-state index contributed by atoms with van der Waals surface area (Å²) in [6.45, 7) is -0.0507. The van der Waals surface area contributed by atoms with Crippen LogP contribution in [0.3, 0.4) is 0 Å². The van der Waals surface area contributed by atoms with E-state index >= 15 is 0 Å². The molecule has 0 amide bonds. The molecule has 2 aromatic carbocycles. The zero-order valence-electron chi connectivity index (χ0n) is 14.7. The van der Waals surface area contributed by atoms with Crippen LogP contribution >= 0.6 is 11.6 Å². The molecule has 0 radical (unpaired) electrons. The Balaban J connectivity index is 1.49. The second kappa shape index (κ2) is 7.53. The van der Waals surface area contributed by atoms with Gasteiger partial charge in [0.1, 0.15) is 0 Å². The minimum Gasteiger partial charge on any atom is -0.455 e. The summed E-state index contributed by atoms with van der Waals surface area (Å²) in [4.78, 5) is 17.2. The van der Waals surface area contributed by atoms with Crippen molar-refractivity contribution in [2.45, 2.75) is 37.7 Å². The van der Waals surface area contributed by atoms with Gasteiger partial charge in [-0.2, -0.15) is 4.98 Å². The Labute approximate surface area is 162 Å². The van der Waals surface area contributed by atoms with E-state index in [9.17, 15) is 4.79 Å². The average Bonchev–Trinajstić information content (AvgIpc) is 3.38. The summed E-state index contributed by atoms with van der Waals surface area (Å²) in [5.41, 5.74) is 1.11. The van der Waals surface area contributed by atoms with Gasteiger partial charge in [-0.3, -0.25) is 4.79 Å². The first-order valence-corrected chi connectivity index (χ1v) is 9.37. The van der Waals surface area contributed by atoms with Crippen LogP contribution in [0.25, 0.3) is 11.4 Å². The Kier molecular flexibility index (Phi) is 4.94. The molecule has 1 aliphatic rings. The van der Waals surface area contributed by atoms with E-state index in [4.69, 9.17) is 20.9 Å². The first kappa shape index (κ1) is 17.7. The Morgan fingerprint density at radius 3 is 2.52 bits per heavy atom. The van der Waals surface area contributed by atoms with Gasteiger partial charge in [0.15, 0.2) is 6.61 Å². The summed E-state index contributed by atoms with van der Waals surface area (Å²) < 4.78 is 10.8. The van der Waals surface area contributed by atoms with Gasteiger partial charge in [0.25, 0.3) is 5.89 Å². The van der Waals surface area contributed by atoms with E-state index < -0.39 is 5.41 Å². The van der Waals surface area contributed by atoms with Crippen LogP contribution in [0.4, 0.5) is 0 Å². The number of aromatic nitrogens is 2. The normalized spacial score (nSPS) is 15.6. The fourth-order valence-corrected chi connectivity index (χ4v) is 3.90. The molecule has 1 fully saturated rings. The van der Waals surface area contributed by atoms with Gasteiger partial charge in [-0.1, -0.05) is 72.1 Å². The number of rotatable bonds is 5. The minimum absolute atomic E-state index is 0.0507. The molecule has 0 atom stereocenters. The quantitative estimate of drug-likeness (QED) is 0.584. The lowest BCUT2D eigenvalue weighted by Crippen LogP contribution is -2.34. The van der Waals surface area contributed by atoms with E-state index in [-0.39, 0.29) is 18.5 Å². The predicted octanol–water partition coefficient (Wildman–Crippen LogP) is 4.95. The van der Waals surface area contributed by atoms with Crippen molar-refractivity contribution < 1.29 is 14.1 Å². The van der Waals surface area contributed by atoms with Gasteiger partial charge in [-0.15, -0.1) is 0 Å². The molecule has 0 N–H and O–H groups in total. The third-order valence-electron chi connectivity index (χ3n) is 5.08. The highest BCUT2D eigenvalue weighted by molar-refractivity contribution is 6.33. The third-order valence-corrected chi connectivity index (χ3v) is 5.41. The summed E-state index contributed by atoms with van der Waals surface area (Å²) in [6.07, 6.45) is 3.62. The number of ether oxygens (including phenoxy) is 1.